The van der Waals surface area contributed by atoms with Crippen molar-refractivity contribution in [3.05, 3.63) is 0 Å². The van der Waals surface area contributed by atoms with E-state index in [-0.39, 0.29) is 24.2 Å². The van der Waals surface area contributed by atoms with E-state index in [4.69, 9.17) is 0 Å². The van der Waals surface area contributed by atoms with E-state index in [9.17, 15) is 4.79 Å². The molecule has 1 aliphatic heterocycles. The fraction of sp³-hybridized carbons (Fsp3) is 0.889. The first-order valence-corrected chi connectivity index (χ1v) is 4.84. The average Bonchev–Trinajstić information content (AvgIpc) is 2.74. The molecule has 76 valence electrons. The van der Waals surface area contributed by atoms with E-state index in [1.807, 2.05) is 0 Å². The van der Waals surface area contributed by atoms with Crippen molar-refractivity contribution in [2.75, 3.05) is 19.6 Å². The lowest BCUT2D eigenvalue weighted by atomic mass is 10.1. The lowest BCUT2D eigenvalue weighted by Gasteiger charge is -2.08. The van der Waals surface area contributed by atoms with Crippen LogP contribution >= 0.6 is 12.4 Å². The van der Waals surface area contributed by atoms with Crippen LogP contribution in [0.2, 0.25) is 0 Å². The molecular weight excluding hydrogens is 188 g/mol. The van der Waals surface area contributed by atoms with Gasteiger partial charge in [-0.05, 0) is 31.7 Å². The Balaban J connectivity index is 0.000000845. The van der Waals surface area contributed by atoms with Crippen LogP contribution in [-0.4, -0.2) is 25.5 Å². The summed E-state index contributed by atoms with van der Waals surface area (Å²) in [4.78, 5) is 11.4. The molecule has 0 aromatic heterocycles. The number of hydrogen-bond donors (Lipinski definition) is 2. The van der Waals surface area contributed by atoms with E-state index >= 15 is 0 Å². The maximum Gasteiger partial charge on any atom is 0.224 e. The third-order valence-corrected chi connectivity index (χ3v) is 2.69. The first-order chi connectivity index (χ1) is 5.86. The molecule has 2 N–H and O–H groups in total. The highest BCUT2D eigenvalue weighted by Gasteiger charge is 2.25. The highest BCUT2D eigenvalue weighted by atomic mass is 35.5. The summed E-state index contributed by atoms with van der Waals surface area (Å²) in [5.41, 5.74) is 0. The van der Waals surface area contributed by atoms with Gasteiger partial charge in [0.2, 0.25) is 5.91 Å². The fourth-order valence-corrected chi connectivity index (χ4v) is 1.59. The Morgan fingerprint density at radius 3 is 2.69 bits per heavy atom. The van der Waals surface area contributed by atoms with Gasteiger partial charge in [-0.3, -0.25) is 4.79 Å². The molecule has 0 radical (unpaired) electrons. The second-order valence-corrected chi connectivity index (χ2v) is 3.88. The average molecular weight is 205 g/mol. The molecule has 0 aromatic carbocycles. The molecule has 0 aromatic rings. The van der Waals surface area contributed by atoms with E-state index < -0.39 is 0 Å². The van der Waals surface area contributed by atoms with Gasteiger partial charge in [0.15, 0.2) is 0 Å². The third-order valence-electron chi connectivity index (χ3n) is 2.69. The minimum Gasteiger partial charge on any atom is -0.356 e. The molecule has 4 heteroatoms. The quantitative estimate of drug-likeness (QED) is 0.705. The van der Waals surface area contributed by atoms with Crippen LogP contribution in [0.5, 0.6) is 0 Å². The first-order valence-electron chi connectivity index (χ1n) is 4.84. The standard InChI is InChI=1S/C9H16N2O.ClH/c12-9(8-3-4-10-6-8)11-5-7-1-2-7;/h7-8,10H,1-6H2,(H,11,12);1H. The van der Waals surface area contributed by atoms with Crippen LogP contribution in [0.15, 0.2) is 0 Å². The number of hydrogen-bond acceptors (Lipinski definition) is 2. The van der Waals surface area contributed by atoms with Crippen molar-refractivity contribution in [3.8, 4) is 0 Å². The van der Waals surface area contributed by atoms with E-state index in [1.54, 1.807) is 0 Å². The molecule has 1 saturated heterocycles. The SMILES string of the molecule is Cl.O=C(NCC1CC1)C1CCNC1. The Morgan fingerprint density at radius 2 is 2.15 bits per heavy atom. The van der Waals surface area contributed by atoms with Crippen molar-refractivity contribution in [1.82, 2.24) is 10.6 Å². The third kappa shape index (κ3) is 3.16. The summed E-state index contributed by atoms with van der Waals surface area (Å²) in [6, 6.07) is 0. The molecule has 1 atom stereocenters. The summed E-state index contributed by atoms with van der Waals surface area (Å²) in [6.07, 6.45) is 3.63. The molecule has 1 amide bonds. The minimum atomic E-state index is 0. The van der Waals surface area contributed by atoms with Crippen LogP contribution in [-0.2, 0) is 4.79 Å². The van der Waals surface area contributed by atoms with Crippen LogP contribution in [0.1, 0.15) is 19.3 Å². The molecule has 2 fully saturated rings. The normalized spacial score (nSPS) is 26.6. The predicted molar refractivity (Wildman–Crippen MR) is 54.0 cm³/mol. The van der Waals surface area contributed by atoms with Crippen molar-refractivity contribution in [1.29, 1.82) is 0 Å². The second kappa shape index (κ2) is 4.82. The first kappa shape index (κ1) is 10.8. The van der Waals surface area contributed by atoms with E-state index in [2.05, 4.69) is 10.6 Å². The van der Waals surface area contributed by atoms with Crippen molar-refractivity contribution in [2.45, 2.75) is 19.3 Å². The summed E-state index contributed by atoms with van der Waals surface area (Å²) >= 11 is 0. The van der Waals surface area contributed by atoms with Crippen molar-refractivity contribution in [3.63, 3.8) is 0 Å². The Kier molecular flexibility index (Phi) is 4.00. The Bertz CT molecular complexity index is 176. The van der Waals surface area contributed by atoms with Crippen LogP contribution < -0.4 is 10.6 Å². The van der Waals surface area contributed by atoms with Gasteiger partial charge in [-0.25, -0.2) is 0 Å². The van der Waals surface area contributed by atoms with Crippen molar-refractivity contribution in [2.24, 2.45) is 11.8 Å². The van der Waals surface area contributed by atoms with Crippen LogP contribution in [0.25, 0.3) is 0 Å². The number of amides is 1. The number of nitrogens with one attached hydrogen (secondary N) is 2. The van der Waals surface area contributed by atoms with E-state index in [0.29, 0.717) is 0 Å². The second-order valence-electron chi connectivity index (χ2n) is 3.88. The summed E-state index contributed by atoms with van der Waals surface area (Å²) < 4.78 is 0. The topological polar surface area (TPSA) is 41.1 Å². The molecule has 13 heavy (non-hydrogen) atoms. The van der Waals surface area contributed by atoms with Gasteiger partial charge in [-0.1, -0.05) is 0 Å². The number of rotatable bonds is 3. The molecule has 1 heterocycles. The Morgan fingerprint density at radius 1 is 1.38 bits per heavy atom. The zero-order valence-corrected chi connectivity index (χ0v) is 8.53. The largest absolute Gasteiger partial charge is 0.356 e. The fourth-order valence-electron chi connectivity index (χ4n) is 1.59. The maximum atomic E-state index is 11.4. The highest BCUT2D eigenvalue weighted by Crippen LogP contribution is 2.27. The van der Waals surface area contributed by atoms with Gasteiger partial charge in [-0.2, -0.15) is 0 Å². The summed E-state index contributed by atoms with van der Waals surface area (Å²) in [6.45, 7) is 2.79. The molecule has 3 nitrogen and oxygen atoms in total. The van der Waals surface area contributed by atoms with Crippen LogP contribution in [0, 0.1) is 11.8 Å². The molecule has 2 rings (SSSR count). The zero-order chi connectivity index (χ0) is 8.39. The van der Waals surface area contributed by atoms with Gasteiger partial charge in [-0.15, -0.1) is 12.4 Å². The van der Waals surface area contributed by atoms with Crippen LogP contribution in [0.3, 0.4) is 0 Å². The zero-order valence-electron chi connectivity index (χ0n) is 7.71. The Hall–Kier alpha value is -0.280. The summed E-state index contributed by atoms with van der Waals surface area (Å²) in [7, 11) is 0. The molecule has 1 saturated carbocycles. The van der Waals surface area contributed by atoms with E-state index in [1.165, 1.54) is 12.8 Å². The lowest BCUT2D eigenvalue weighted by Crippen LogP contribution is -2.33. The van der Waals surface area contributed by atoms with Gasteiger partial charge in [0.25, 0.3) is 0 Å². The van der Waals surface area contributed by atoms with Gasteiger partial charge in [0.05, 0.1) is 5.92 Å². The molecule has 2 aliphatic rings. The van der Waals surface area contributed by atoms with Gasteiger partial charge < -0.3 is 10.6 Å². The van der Waals surface area contributed by atoms with Gasteiger partial charge >= 0.3 is 0 Å². The minimum absolute atomic E-state index is 0. The predicted octanol–water partition coefficient (Wildman–Crippen LogP) is 0.544. The van der Waals surface area contributed by atoms with Crippen molar-refractivity contribution >= 4 is 18.3 Å². The monoisotopic (exact) mass is 204 g/mol. The lowest BCUT2D eigenvalue weighted by molar-refractivity contribution is -0.124. The highest BCUT2D eigenvalue weighted by molar-refractivity contribution is 5.85. The molecule has 0 spiro atoms. The van der Waals surface area contributed by atoms with Gasteiger partial charge in [0.1, 0.15) is 0 Å². The number of carbonyl (C=O) groups excluding carboxylic acids is 1. The maximum absolute atomic E-state index is 11.4. The summed E-state index contributed by atoms with van der Waals surface area (Å²) in [5, 5.41) is 6.20. The molecular formula is C9H17ClN2O. The smallest absolute Gasteiger partial charge is 0.224 e. The number of halogens is 1. The van der Waals surface area contributed by atoms with Gasteiger partial charge in [0, 0.05) is 13.1 Å². The molecule has 1 unspecified atom stereocenters. The summed E-state index contributed by atoms with van der Waals surface area (Å²) in [5.74, 6) is 1.29. The Labute approximate surface area is 85.1 Å². The number of carbonyl (C=O) groups is 1. The van der Waals surface area contributed by atoms with E-state index in [0.717, 1.165) is 32.0 Å². The van der Waals surface area contributed by atoms with Crippen molar-refractivity contribution < 1.29 is 4.79 Å². The molecule has 0 bridgehead atoms. The molecule has 1 aliphatic carbocycles. The van der Waals surface area contributed by atoms with Crippen LogP contribution in [0.4, 0.5) is 0 Å².